The number of aromatic nitrogens is 3. The van der Waals surface area contributed by atoms with Gasteiger partial charge in [-0.25, -0.2) is 9.37 Å². The number of rotatable bonds is 5. The number of benzene rings is 1. The van der Waals surface area contributed by atoms with Crippen molar-refractivity contribution in [1.29, 1.82) is 0 Å². The van der Waals surface area contributed by atoms with Crippen LogP contribution in [0.5, 0.6) is 0 Å². The summed E-state index contributed by atoms with van der Waals surface area (Å²) in [5, 5.41) is 6.81. The lowest BCUT2D eigenvalue weighted by molar-refractivity contribution is -0.140. The lowest BCUT2D eigenvalue weighted by Crippen LogP contribution is -2.17. The van der Waals surface area contributed by atoms with E-state index in [1.165, 1.54) is 18.3 Å². The van der Waals surface area contributed by atoms with Gasteiger partial charge in [-0.2, -0.15) is 18.3 Å². The maximum absolute atomic E-state index is 13.6. The van der Waals surface area contributed by atoms with Gasteiger partial charge in [0.1, 0.15) is 21.2 Å². The first kappa shape index (κ1) is 23.4. The Balaban J connectivity index is 1.97. The minimum Gasteiger partial charge on any atom is -0.365 e. The molecule has 3 heterocycles. The van der Waals surface area contributed by atoms with Crippen LogP contribution in [0.3, 0.4) is 0 Å². The van der Waals surface area contributed by atoms with E-state index < -0.39 is 29.5 Å². The second-order valence-electron chi connectivity index (χ2n) is 7.32. The third kappa shape index (κ3) is 4.12. The number of nitrogens with one attached hydrogen (secondary N) is 1. The molecule has 3 aromatic heterocycles. The fourth-order valence-corrected chi connectivity index (χ4v) is 4.57. The first-order valence-electron chi connectivity index (χ1n) is 9.95. The van der Waals surface area contributed by atoms with E-state index in [1.54, 1.807) is 11.6 Å². The Morgan fingerprint density at radius 3 is 2.44 bits per heavy atom. The van der Waals surface area contributed by atoms with Crippen molar-refractivity contribution >= 4 is 39.1 Å². The van der Waals surface area contributed by atoms with E-state index in [1.807, 2.05) is 6.92 Å². The number of pyridine rings is 1. The highest BCUT2D eigenvalue weighted by molar-refractivity contribution is 7.21. The summed E-state index contributed by atoms with van der Waals surface area (Å²) in [6.45, 7) is 4.05. The molecule has 0 aliphatic rings. The number of carbonyl (C=O) groups is 2. The molecule has 176 valence electrons. The van der Waals surface area contributed by atoms with Gasteiger partial charge in [-0.15, -0.1) is 11.3 Å². The molecule has 1 aromatic carbocycles. The Kier molecular flexibility index (Phi) is 5.86. The van der Waals surface area contributed by atoms with Gasteiger partial charge in [0.05, 0.1) is 17.4 Å². The van der Waals surface area contributed by atoms with Crippen LogP contribution in [0.25, 0.3) is 21.3 Å². The number of alkyl halides is 3. The van der Waals surface area contributed by atoms with Gasteiger partial charge in [-0.1, -0.05) is 12.1 Å². The zero-order chi connectivity index (χ0) is 24.8. The summed E-state index contributed by atoms with van der Waals surface area (Å²) in [5.41, 5.74) is 5.25. The molecular formula is C22H17F4N5O2S. The van der Waals surface area contributed by atoms with Crippen molar-refractivity contribution < 1.29 is 27.2 Å². The fourth-order valence-electron chi connectivity index (χ4n) is 3.56. The van der Waals surface area contributed by atoms with Crippen LogP contribution in [-0.2, 0) is 12.7 Å². The van der Waals surface area contributed by atoms with Crippen LogP contribution in [-0.4, -0.2) is 26.6 Å². The molecule has 0 radical (unpaired) electrons. The number of aryl methyl sites for hydroxylation is 1. The van der Waals surface area contributed by atoms with E-state index in [-0.39, 0.29) is 37.5 Å². The lowest BCUT2D eigenvalue weighted by Gasteiger charge is -2.12. The third-order valence-corrected chi connectivity index (χ3v) is 6.32. The summed E-state index contributed by atoms with van der Waals surface area (Å²) >= 11 is 0.630. The minimum absolute atomic E-state index is 0.0114. The van der Waals surface area contributed by atoms with Crippen molar-refractivity contribution in [2.45, 2.75) is 26.6 Å². The second-order valence-corrected chi connectivity index (χ2v) is 8.32. The molecule has 34 heavy (non-hydrogen) atoms. The molecule has 0 saturated carbocycles. The Hall–Kier alpha value is -3.80. The molecular weight excluding hydrogens is 474 g/mol. The van der Waals surface area contributed by atoms with E-state index >= 15 is 0 Å². The summed E-state index contributed by atoms with van der Waals surface area (Å²) in [4.78, 5) is 28.6. The molecule has 0 atom stereocenters. The molecule has 4 rings (SSSR count). The summed E-state index contributed by atoms with van der Waals surface area (Å²) in [6, 6.07) is 5.58. The summed E-state index contributed by atoms with van der Waals surface area (Å²) < 4.78 is 55.8. The Morgan fingerprint density at radius 2 is 1.88 bits per heavy atom. The molecule has 0 bridgehead atoms. The van der Waals surface area contributed by atoms with E-state index in [0.29, 0.717) is 23.6 Å². The predicted molar refractivity (Wildman–Crippen MR) is 119 cm³/mol. The Morgan fingerprint density at radius 1 is 1.21 bits per heavy atom. The smallest absolute Gasteiger partial charge is 0.365 e. The SMILES string of the molecule is CCn1ncc(C(=O)Nc2c(C(N)=O)sc3nc(C(F)(F)F)cc(-c4ccc(F)cc4)c23)c1C. The maximum atomic E-state index is 13.6. The zero-order valence-electron chi connectivity index (χ0n) is 17.8. The van der Waals surface area contributed by atoms with Crippen molar-refractivity contribution in [3.05, 3.63) is 64.2 Å². The molecule has 0 saturated heterocycles. The number of thiophene rings is 1. The van der Waals surface area contributed by atoms with Gasteiger partial charge in [0, 0.05) is 17.6 Å². The van der Waals surface area contributed by atoms with E-state index in [4.69, 9.17) is 5.73 Å². The quantitative estimate of drug-likeness (QED) is 0.384. The molecule has 0 fully saturated rings. The molecule has 0 aliphatic carbocycles. The summed E-state index contributed by atoms with van der Waals surface area (Å²) in [7, 11) is 0. The van der Waals surface area contributed by atoms with Gasteiger partial charge in [0.15, 0.2) is 0 Å². The van der Waals surface area contributed by atoms with Crippen LogP contribution >= 0.6 is 11.3 Å². The largest absolute Gasteiger partial charge is 0.433 e. The molecule has 0 spiro atoms. The van der Waals surface area contributed by atoms with Gasteiger partial charge < -0.3 is 11.1 Å². The van der Waals surface area contributed by atoms with E-state index in [9.17, 15) is 27.2 Å². The number of primary amides is 1. The average Bonchev–Trinajstić information content (AvgIpc) is 3.33. The minimum atomic E-state index is -4.78. The van der Waals surface area contributed by atoms with Crippen LogP contribution in [0, 0.1) is 12.7 Å². The highest BCUT2D eigenvalue weighted by atomic mass is 32.1. The van der Waals surface area contributed by atoms with Crippen LogP contribution in [0.4, 0.5) is 23.2 Å². The van der Waals surface area contributed by atoms with Crippen LogP contribution in [0.15, 0.2) is 36.5 Å². The topological polar surface area (TPSA) is 103 Å². The Labute approximate surface area is 194 Å². The number of carbonyl (C=O) groups excluding carboxylic acids is 2. The molecule has 3 N–H and O–H groups in total. The van der Waals surface area contributed by atoms with Gasteiger partial charge in [-0.3, -0.25) is 14.3 Å². The molecule has 2 amide bonds. The number of hydrogen-bond donors (Lipinski definition) is 2. The number of fused-ring (bicyclic) bond motifs is 1. The molecule has 12 heteroatoms. The van der Waals surface area contributed by atoms with E-state index in [0.717, 1.165) is 18.2 Å². The van der Waals surface area contributed by atoms with Crippen LogP contribution < -0.4 is 11.1 Å². The number of nitrogens with zero attached hydrogens (tertiary/aromatic N) is 3. The standard InChI is InChI=1S/C22H17F4N5O2S/c1-3-31-10(2)14(9-28-31)20(33)30-17-16-13(11-4-6-12(23)7-5-11)8-15(22(24,25)26)29-21(16)34-18(17)19(27)32/h4-9H,3H2,1-2H3,(H2,27,32)(H,30,33). The highest BCUT2D eigenvalue weighted by Gasteiger charge is 2.35. The highest BCUT2D eigenvalue weighted by Crippen LogP contribution is 2.43. The zero-order valence-corrected chi connectivity index (χ0v) is 18.6. The molecule has 4 aromatic rings. The molecule has 0 unspecified atom stereocenters. The Bertz CT molecular complexity index is 1420. The maximum Gasteiger partial charge on any atom is 0.433 e. The monoisotopic (exact) mass is 491 g/mol. The third-order valence-electron chi connectivity index (χ3n) is 5.22. The number of amides is 2. The fraction of sp³-hybridized carbons (Fsp3) is 0.182. The number of anilines is 1. The summed E-state index contributed by atoms with van der Waals surface area (Å²) in [5.74, 6) is -2.15. The molecule has 0 aliphatic heterocycles. The lowest BCUT2D eigenvalue weighted by atomic mass is 10.0. The first-order valence-corrected chi connectivity index (χ1v) is 10.8. The number of nitrogens with two attached hydrogens (primary N) is 1. The van der Waals surface area contributed by atoms with Crippen LogP contribution in [0.1, 0.15) is 38.3 Å². The van der Waals surface area contributed by atoms with Gasteiger partial charge >= 0.3 is 6.18 Å². The normalized spacial score (nSPS) is 11.7. The number of halogens is 4. The van der Waals surface area contributed by atoms with Gasteiger partial charge in [-0.05, 0) is 43.2 Å². The van der Waals surface area contributed by atoms with Crippen molar-refractivity contribution in [1.82, 2.24) is 14.8 Å². The average molecular weight is 491 g/mol. The van der Waals surface area contributed by atoms with Crippen molar-refractivity contribution in [3.8, 4) is 11.1 Å². The predicted octanol–water partition coefficient (Wildman–Crippen LogP) is 5.00. The number of hydrogen-bond acceptors (Lipinski definition) is 5. The second kappa shape index (κ2) is 8.52. The van der Waals surface area contributed by atoms with Crippen molar-refractivity contribution in [3.63, 3.8) is 0 Å². The van der Waals surface area contributed by atoms with Gasteiger partial charge in [0.2, 0.25) is 0 Å². The first-order chi connectivity index (χ1) is 16.0. The van der Waals surface area contributed by atoms with Crippen molar-refractivity contribution in [2.75, 3.05) is 5.32 Å². The molecule has 7 nitrogen and oxygen atoms in total. The summed E-state index contributed by atoms with van der Waals surface area (Å²) in [6.07, 6.45) is -3.43. The van der Waals surface area contributed by atoms with Crippen molar-refractivity contribution in [2.24, 2.45) is 5.73 Å². The van der Waals surface area contributed by atoms with E-state index in [2.05, 4.69) is 15.4 Å². The van der Waals surface area contributed by atoms with Crippen LogP contribution in [0.2, 0.25) is 0 Å². The van der Waals surface area contributed by atoms with Gasteiger partial charge in [0.25, 0.3) is 11.8 Å².